The van der Waals surface area contributed by atoms with Gasteiger partial charge in [-0.2, -0.15) is 0 Å². The number of hydrogen-bond acceptors (Lipinski definition) is 5. The first-order valence-electron chi connectivity index (χ1n) is 13.7. The number of allylic oxidation sites excluding steroid dienone is 8. The highest BCUT2D eigenvalue weighted by atomic mass is 16.5. The van der Waals surface area contributed by atoms with E-state index < -0.39 is 6.10 Å². The molecular weight excluding hydrogens is 450 g/mol. The minimum atomic E-state index is -0.447. The lowest BCUT2D eigenvalue weighted by Crippen LogP contribution is -2.57. The molecule has 36 heavy (non-hydrogen) atoms. The van der Waals surface area contributed by atoms with E-state index in [0.717, 1.165) is 37.7 Å². The van der Waals surface area contributed by atoms with Gasteiger partial charge in [0, 0.05) is 30.5 Å². The molecule has 3 fully saturated rings. The maximum absolute atomic E-state index is 13.5. The SMILES string of the molecule is CC12CCC(=O)C=C1CCC1C2[C@@H](O)CC2(C)C(C(=O)COC3=CC=C4C=CC=CC4C=N3)CCC12. The molecule has 6 rings (SSSR count). The second kappa shape index (κ2) is 8.79. The minimum absolute atomic E-state index is 0.0204. The van der Waals surface area contributed by atoms with E-state index in [-0.39, 0.29) is 46.8 Å². The molecule has 6 aliphatic rings. The Morgan fingerprint density at radius 2 is 2.03 bits per heavy atom. The quantitative estimate of drug-likeness (QED) is 0.585. The summed E-state index contributed by atoms with van der Waals surface area (Å²) in [4.78, 5) is 30.1. The van der Waals surface area contributed by atoms with Crippen LogP contribution < -0.4 is 0 Å². The number of carbonyl (C=O) groups is 2. The number of aliphatic hydroxyl groups excluding tert-OH is 1. The first kappa shape index (κ1) is 23.8. The van der Waals surface area contributed by atoms with Crippen LogP contribution in [0.25, 0.3) is 0 Å². The van der Waals surface area contributed by atoms with Crippen LogP contribution in [0.15, 0.2) is 64.6 Å². The van der Waals surface area contributed by atoms with Gasteiger partial charge in [-0.25, -0.2) is 4.99 Å². The van der Waals surface area contributed by atoms with Crippen LogP contribution in [-0.2, 0) is 14.3 Å². The molecule has 0 amide bonds. The van der Waals surface area contributed by atoms with Gasteiger partial charge in [0.1, 0.15) is 6.61 Å². The summed E-state index contributed by atoms with van der Waals surface area (Å²) in [5.74, 6) is 1.89. The van der Waals surface area contributed by atoms with E-state index in [4.69, 9.17) is 4.74 Å². The van der Waals surface area contributed by atoms with Crippen LogP contribution in [0, 0.1) is 40.4 Å². The van der Waals surface area contributed by atoms with Crippen molar-refractivity contribution in [3.8, 4) is 0 Å². The summed E-state index contributed by atoms with van der Waals surface area (Å²) in [5, 5.41) is 11.6. The van der Waals surface area contributed by atoms with Crippen molar-refractivity contribution in [2.45, 2.75) is 64.9 Å². The standard InChI is InChI=1S/C31H37NO4/c1-30-14-13-22(33)15-21(30)8-9-23-24-10-11-25(31(24,2)16-26(34)29(23)30)27(35)18-36-28-12-7-19-5-3-4-6-20(19)17-32-28/h3-7,12,15,17,20,23-26,29,34H,8-11,13-14,16,18H2,1-2H3/t20?,23?,24?,25?,26-,29?,30?,31?/m0/s1. The average molecular weight is 488 g/mol. The molecule has 1 aliphatic heterocycles. The Morgan fingerprint density at radius 1 is 1.17 bits per heavy atom. The van der Waals surface area contributed by atoms with Gasteiger partial charge in [-0.05, 0) is 78.8 Å². The summed E-state index contributed by atoms with van der Waals surface area (Å²) in [7, 11) is 0. The monoisotopic (exact) mass is 487 g/mol. The fraction of sp³-hybridized carbons (Fsp3) is 0.581. The largest absolute Gasteiger partial charge is 0.470 e. The van der Waals surface area contributed by atoms with Gasteiger partial charge in [0.15, 0.2) is 11.6 Å². The number of Topliss-reactive ketones (excluding diaryl/α,β-unsaturated/α-hetero) is 1. The average Bonchev–Trinajstić information content (AvgIpc) is 3.06. The number of nitrogens with zero attached hydrogens (tertiary/aromatic N) is 1. The number of rotatable bonds is 4. The number of aliphatic imine (C=N–C) groups is 1. The summed E-state index contributed by atoms with van der Waals surface area (Å²) in [5.41, 5.74) is 2.10. The molecule has 0 aromatic carbocycles. The van der Waals surface area contributed by atoms with Crippen LogP contribution in [0.1, 0.15) is 58.8 Å². The van der Waals surface area contributed by atoms with Crippen molar-refractivity contribution in [1.29, 1.82) is 0 Å². The zero-order valence-corrected chi connectivity index (χ0v) is 21.4. The molecule has 0 aromatic heterocycles. The first-order chi connectivity index (χ1) is 17.3. The zero-order chi connectivity index (χ0) is 25.1. The number of aliphatic hydroxyl groups is 1. The van der Waals surface area contributed by atoms with Gasteiger partial charge in [0.05, 0.1) is 6.10 Å². The van der Waals surface area contributed by atoms with Gasteiger partial charge in [-0.15, -0.1) is 0 Å². The van der Waals surface area contributed by atoms with Gasteiger partial charge < -0.3 is 9.84 Å². The summed E-state index contributed by atoms with van der Waals surface area (Å²) in [6.07, 6.45) is 21.3. The predicted molar refractivity (Wildman–Crippen MR) is 139 cm³/mol. The summed E-state index contributed by atoms with van der Waals surface area (Å²) < 4.78 is 5.92. The molecule has 0 bridgehead atoms. The molecule has 5 nitrogen and oxygen atoms in total. The molecule has 0 spiro atoms. The third-order valence-corrected chi connectivity index (χ3v) is 10.5. The summed E-state index contributed by atoms with van der Waals surface area (Å²) in [6.45, 7) is 4.53. The Bertz CT molecular complexity index is 1160. The summed E-state index contributed by atoms with van der Waals surface area (Å²) >= 11 is 0. The molecule has 0 aromatic rings. The van der Waals surface area contributed by atoms with Crippen LogP contribution in [0.2, 0.25) is 0 Å². The highest BCUT2D eigenvalue weighted by molar-refractivity contribution is 5.91. The fourth-order valence-electron chi connectivity index (χ4n) is 8.79. The molecule has 0 saturated heterocycles. The highest BCUT2D eigenvalue weighted by Crippen LogP contribution is 2.66. The van der Waals surface area contributed by atoms with E-state index in [1.54, 1.807) is 0 Å². The van der Waals surface area contributed by atoms with Crippen LogP contribution >= 0.6 is 0 Å². The summed E-state index contributed by atoms with van der Waals surface area (Å²) in [6, 6.07) is 0. The van der Waals surface area contributed by atoms with Gasteiger partial charge in [0.25, 0.3) is 0 Å². The van der Waals surface area contributed by atoms with Crippen LogP contribution in [0.3, 0.4) is 0 Å². The van der Waals surface area contributed by atoms with Gasteiger partial charge in [-0.3, -0.25) is 9.59 Å². The van der Waals surface area contributed by atoms with E-state index in [1.807, 2.05) is 36.6 Å². The number of ether oxygens (including phenoxy) is 1. The van der Waals surface area contributed by atoms with Crippen molar-refractivity contribution < 1.29 is 19.4 Å². The number of fused-ring (bicyclic) bond motifs is 6. The predicted octanol–water partition coefficient (Wildman–Crippen LogP) is 5.29. The van der Waals surface area contributed by atoms with Crippen molar-refractivity contribution in [1.82, 2.24) is 0 Å². The molecule has 1 heterocycles. The zero-order valence-electron chi connectivity index (χ0n) is 21.4. The Kier molecular flexibility index (Phi) is 5.82. The van der Waals surface area contributed by atoms with Gasteiger partial charge >= 0.3 is 0 Å². The number of carbonyl (C=O) groups excluding carboxylic acids is 2. The fourth-order valence-corrected chi connectivity index (χ4v) is 8.79. The van der Waals surface area contributed by atoms with E-state index in [1.165, 1.54) is 5.57 Å². The Hall–Kier alpha value is -2.53. The molecule has 1 N–H and O–H groups in total. The van der Waals surface area contributed by atoms with E-state index in [2.05, 4.69) is 31.0 Å². The molecule has 5 heteroatoms. The lowest BCUT2D eigenvalue weighted by atomic mass is 9.46. The minimum Gasteiger partial charge on any atom is -0.470 e. The molecule has 7 unspecified atom stereocenters. The molecule has 5 aliphatic carbocycles. The first-order valence-corrected chi connectivity index (χ1v) is 13.7. The van der Waals surface area contributed by atoms with Gasteiger partial charge in [-0.1, -0.05) is 49.8 Å². The topological polar surface area (TPSA) is 76.0 Å². The molecule has 190 valence electrons. The van der Waals surface area contributed by atoms with E-state index >= 15 is 0 Å². The van der Waals surface area contributed by atoms with Crippen LogP contribution in [0.4, 0.5) is 0 Å². The van der Waals surface area contributed by atoms with Crippen molar-refractivity contribution in [3.63, 3.8) is 0 Å². The Labute approximate surface area is 213 Å². The van der Waals surface area contributed by atoms with Crippen LogP contribution in [0.5, 0.6) is 0 Å². The maximum atomic E-state index is 13.5. The van der Waals surface area contributed by atoms with Crippen molar-refractivity contribution in [3.05, 3.63) is 59.6 Å². The van der Waals surface area contributed by atoms with E-state index in [0.29, 0.717) is 30.6 Å². The smallest absolute Gasteiger partial charge is 0.213 e. The lowest BCUT2D eigenvalue weighted by Gasteiger charge is -2.59. The number of hydrogen-bond donors (Lipinski definition) is 1. The van der Waals surface area contributed by atoms with Gasteiger partial charge in [0.2, 0.25) is 5.88 Å². The Balaban J connectivity index is 1.17. The normalized spacial score (nSPS) is 42.8. The highest BCUT2D eigenvalue weighted by Gasteiger charge is 2.62. The molecular formula is C31H37NO4. The van der Waals surface area contributed by atoms with Crippen molar-refractivity contribution in [2.75, 3.05) is 6.61 Å². The third kappa shape index (κ3) is 3.73. The number of ketones is 2. The second-order valence-electron chi connectivity index (χ2n) is 12.3. The van der Waals surface area contributed by atoms with Crippen molar-refractivity contribution >= 4 is 17.8 Å². The Morgan fingerprint density at radius 3 is 2.89 bits per heavy atom. The molecule has 8 atom stereocenters. The lowest BCUT2D eigenvalue weighted by molar-refractivity contribution is -0.146. The third-order valence-electron chi connectivity index (χ3n) is 10.5. The molecule has 3 saturated carbocycles. The maximum Gasteiger partial charge on any atom is 0.213 e. The molecule has 0 radical (unpaired) electrons. The van der Waals surface area contributed by atoms with E-state index in [9.17, 15) is 14.7 Å². The van der Waals surface area contributed by atoms with Crippen molar-refractivity contribution in [2.24, 2.45) is 45.4 Å². The van der Waals surface area contributed by atoms with Crippen LogP contribution in [-0.4, -0.2) is 35.6 Å². The second-order valence-corrected chi connectivity index (χ2v) is 12.3.